The Morgan fingerprint density at radius 1 is 1.14 bits per heavy atom. The number of carbonyl (C=O) groups is 2. The van der Waals surface area contributed by atoms with Crippen LogP contribution in [0.15, 0.2) is 24.3 Å². The van der Waals surface area contributed by atoms with E-state index >= 15 is 0 Å². The second kappa shape index (κ2) is 6.36. The van der Waals surface area contributed by atoms with Crippen LogP contribution in [0.1, 0.15) is 19.8 Å². The minimum Gasteiger partial charge on any atom is -0.366 e. The van der Waals surface area contributed by atoms with E-state index in [0.717, 1.165) is 31.7 Å². The van der Waals surface area contributed by atoms with Crippen LogP contribution in [0.5, 0.6) is 0 Å². The molecule has 3 amide bonds. The van der Waals surface area contributed by atoms with Crippen molar-refractivity contribution in [3.63, 3.8) is 0 Å². The summed E-state index contributed by atoms with van der Waals surface area (Å²) in [6.07, 6.45) is 1.45. The zero-order chi connectivity index (χ0) is 15.5. The fourth-order valence-corrected chi connectivity index (χ4v) is 3.10. The molecule has 3 rings (SSSR count). The van der Waals surface area contributed by atoms with Gasteiger partial charge in [-0.25, -0.2) is 4.79 Å². The Morgan fingerprint density at radius 2 is 1.86 bits per heavy atom. The van der Waals surface area contributed by atoms with Crippen LogP contribution in [0.3, 0.4) is 0 Å². The monoisotopic (exact) mass is 302 g/mol. The summed E-state index contributed by atoms with van der Waals surface area (Å²) < 4.78 is 0. The van der Waals surface area contributed by atoms with E-state index in [0.29, 0.717) is 19.0 Å². The van der Waals surface area contributed by atoms with E-state index in [9.17, 15) is 9.59 Å². The van der Waals surface area contributed by atoms with E-state index in [-0.39, 0.29) is 11.9 Å². The Hall–Kier alpha value is -2.08. The number of carbonyl (C=O) groups excluding carboxylic acids is 2. The lowest BCUT2D eigenvalue weighted by Crippen LogP contribution is -2.51. The van der Waals surface area contributed by atoms with Crippen LogP contribution >= 0.6 is 0 Å². The Balaban J connectivity index is 1.75. The topological polar surface area (TPSA) is 64.7 Å². The number of anilines is 2. The van der Waals surface area contributed by atoms with Gasteiger partial charge in [-0.2, -0.15) is 0 Å². The molecule has 0 saturated carbocycles. The zero-order valence-corrected chi connectivity index (χ0v) is 12.8. The van der Waals surface area contributed by atoms with Gasteiger partial charge in [-0.05, 0) is 30.7 Å². The SMILES string of the molecule is CC[C@H]1CNCCN1c1ccc(N2CCC(=O)NC2=O)cc1. The van der Waals surface area contributed by atoms with Gasteiger partial charge in [0.2, 0.25) is 5.91 Å². The number of imide groups is 1. The minimum atomic E-state index is -0.336. The number of benzene rings is 1. The highest BCUT2D eigenvalue weighted by Crippen LogP contribution is 2.24. The van der Waals surface area contributed by atoms with Crippen molar-refractivity contribution in [3.05, 3.63) is 24.3 Å². The van der Waals surface area contributed by atoms with E-state index in [2.05, 4.69) is 34.6 Å². The lowest BCUT2D eigenvalue weighted by molar-refractivity contribution is -0.120. The van der Waals surface area contributed by atoms with Gasteiger partial charge in [-0.15, -0.1) is 0 Å². The number of hydrogen-bond acceptors (Lipinski definition) is 4. The molecule has 2 saturated heterocycles. The third-order valence-electron chi connectivity index (χ3n) is 4.37. The average molecular weight is 302 g/mol. The van der Waals surface area contributed by atoms with Crippen LogP contribution in [0.4, 0.5) is 16.2 Å². The minimum absolute atomic E-state index is 0.204. The van der Waals surface area contributed by atoms with Gasteiger partial charge in [0.1, 0.15) is 0 Å². The van der Waals surface area contributed by atoms with Crippen LogP contribution in [0.2, 0.25) is 0 Å². The van der Waals surface area contributed by atoms with E-state index in [1.807, 2.05) is 12.1 Å². The van der Waals surface area contributed by atoms with Crippen molar-refractivity contribution >= 4 is 23.3 Å². The quantitative estimate of drug-likeness (QED) is 0.884. The molecule has 2 N–H and O–H groups in total. The number of amides is 3. The van der Waals surface area contributed by atoms with E-state index in [1.54, 1.807) is 4.90 Å². The van der Waals surface area contributed by atoms with Gasteiger partial charge in [-0.3, -0.25) is 15.0 Å². The first-order valence-corrected chi connectivity index (χ1v) is 7.88. The van der Waals surface area contributed by atoms with Gasteiger partial charge in [0.15, 0.2) is 0 Å². The van der Waals surface area contributed by atoms with Crippen molar-refractivity contribution in [2.24, 2.45) is 0 Å². The Kier molecular flexibility index (Phi) is 4.29. The van der Waals surface area contributed by atoms with Gasteiger partial charge < -0.3 is 10.2 Å². The first kappa shape index (κ1) is 14.8. The molecule has 1 aromatic carbocycles. The van der Waals surface area contributed by atoms with Crippen LogP contribution in [0.25, 0.3) is 0 Å². The number of hydrogen-bond donors (Lipinski definition) is 2. The molecule has 2 aliphatic heterocycles. The molecule has 2 aliphatic rings. The first-order valence-electron chi connectivity index (χ1n) is 7.88. The fourth-order valence-electron chi connectivity index (χ4n) is 3.10. The van der Waals surface area contributed by atoms with E-state index in [4.69, 9.17) is 0 Å². The zero-order valence-electron chi connectivity index (χ0n) is 12.8. The normalized spacial score (nSPS) is 22.7. The third-order valence-corrected chi connectivity index (χ3v) is 4.37. The van der Waals surface area contributed by atoms with Gasteiger partial charge in [-0.1, -0.05) is 6.92 Å². The second-order valence-electron chi connectivity index (χ2n) is 5.73. The molecular weight excluding hydrogens is 280 g/mol. The summed E-state index contributed by atoms with van der Waals surface area (Å²) in [4.78, 5) is 27.1. The summed E-state index contributed by atoms with van der Waals surface area (Å²) in [7, 11) is 0. The highest BCUT2D eigenvalue weighted by molar-refractivity contribution is 6.05. The molecule has 1 atom stereocenters. The van der Waals surface area contributed by atoms with Crippen molar-refractivity contribution in [1.29, 1.82) is 0 Å². The molecule has 0 radical (unpaired) electrons. The van der Waals surface area contributed by atoms with Gasteiger partial charge in [0, 0.05) is 50.0 Å². The van der Waals surface area contributed by atoms with Crippen LogP contribution in [-0.2, 0) is 4.79 Å². The maximum absolute atomic E-state index is 11.9. The summed E-state index contributed by atoms with van der Waals surface area (Å²) in [5.74, 6) is -0.204. The summed E-state index contributed by atoms with van der Waals surface area (Å²) in [6, 6.07) is 8.21. The number of piperazine rings is 1. The predicted molar refractivity (Wildman–Crippen MR) is 86.2 cm³/mol. The summed E-state index contributed by atoms with van der Waals surface area (Å²) in [6.45, 7) is 5.64. The maximum atomic E-state index is 11.9. The molecule has 1 aromatic rings. The van der Waals surface area contributed by atoms with Gasteiger partial charge >= 0.3 is 6.03 Å². The number of nitrogens with one attached hydrogen (secondary N) is 2. The molecule has 6 nitrogen and oxygen atoms in total. The van der Waals surface area contributed by atoms with Crippen LogP contribution in [0, 0.1) is 0 Å². The third kappa shape index (κ3) is 2.92. The molecule has 0 aromatic heterocycles. The molecular formula is C16H22N4O2. The van der Waals surface area contributed by atoms with Crippen molar-refractivity contribution in [2.75, 3.05) is 36.0 Å². The van der Waals surface area contributed by atoms with Crippen molar-refractivity contribution in [3.8, 4) is 0 Å². The summed E-state index contributed by atoms with van der Waals surface area (Å²) in [5, 5.41) is 5.78. The fraction of sp³-hybridized carbons (Fsp3) is 0.500. The average Bonchev–Trinajstić information content (AvgIpc) is 2.55. The number of urea groups is 1. The van der Waals surface area contributed by atoms with E-state index in [1.165, 1.54) is 5.69 Å². The molecule has 0 bridgehead atoms. The molecule has 118 valence electrons. The Bertz CT molecular complexity index is 558. The highest BCUT2D eigenvalue weighted by atomic mass is 16.2. The summed E-state index contributed by atoms with van der Waals surface area (Å²) >= 11 is 0. The number of rotatable bonds is 3. The van der Waals surface area contributed by atoms with Crippen LogP contribution in [-0.4, -0.2) is 44.2 Å². The van der Waals surface area contributed by atoms with E-state index < -0.39 is 0 Å². The molecule has 22 heavy (non-hydrogen) atoms. The Morgan fingerprint density at radius 3 is 2.55 bits per heavy atom. The lowest BCUT2D eigenvalue weighted by Gasteiger charge is -2.38. The molecule has 0 unspecified atom stereocenters. The largest absolute Gasteiger partial charge is 0.366 e. The van der Waals surface area contributed by atoms with Crippen LogP contribution < -0.4 is 20.4 Å². The van der Waals surface area contributed by atoms with Gasteiger partial charge in [0.05, 0.1) is 0 Å². The predicted octanol–water partition coefficient (Wildman–Crippen LogP) is 1.32. The van der Waals surface area contributed by atoms with Crippen molar-refractivity contribution in [1.82, 2.24) is 10.6 Å². The van der Waals surface area contributed by atoms with Crippen molar-refractivity contribution in [2.45, 2.75) is 25.8 Å². The standard InChI is InChI=1S/C16H22N4O2/c1-2-12-11-17-8-10-19(12)13-3-5-14(6-4-13)20-9-7-15(21)18-16(20)22/h3-6,12,17H,2,7-11H2,1H3,(H,18,21,22)/t12-/m0/s1. The van der Waals surface area contributed by atoms with Gasteiger partial charge in [0.25, 0.3) is 0 Å². The highest BCUT2D eigenvalue weighted by Gasteiger charge is 2.25. The second-order valence-corrected chi connectivity index (χ2v) is 5.73. The molecule has 6 heteroatoms. The smallest absolute Gasteiger partial charge is 0.328 e. The lowest BCUT2D eigenvalue weighted by atomic mass is 10.1. The molecule has 2 fully saturated rings. The first-order chi connectivity index (χ1) is 10.7. The Labute approximate surface area is 130 Å². The molecule has 0 spiro atoms. The molecule has 0 aliphatic carbocycles. The maximum Gasteiger partial charge on any atom is 0.328 e. The number of nitrogens with zero attached hydrogens (tertiary/aromatic N) is 2. The molecule has 2 heterocycles. The van der Waals surface area contributed by atoms with Crippen molar-refractivity contribution < 1.29 is 9.59 Å². The summed E-state index contributed by atoms with van der Waals surface area (Å²) in [5.41, 5.74) is 2.02.